The van der Waals surface area contributed by atoms with Crippen molar-refractivity contribution in [1.82, 2.24) is 10.2 Å². The minimum Gasteiger partial charge on any atom is -0.484 e. The number of likely N-dealkylation sites (N-methyl/N-ethyl adjacent to an activating group) is 1. The Morgan fingerprint density at radius 1 is 1.23 bits per heavy atom. The van der Waals surface area contributed by atoms with E-state index in [-0.39, 0.29) is 40.3 Å². The van der Waals surface area contributed by atoms with E-state index in [1.807, 2.05) is 0 Å². The molecular weight excluding hydrogens is 453 g/mol. The number of carbonyl (C=O) groups is 2. The molecule has 6 nitrogen and oxygen atoms in total. The number of nitrogens with zero attached hydrogens (tertiary/aromatic N) is 1. The third-order valence-electron chi connectivity index (χ3n) is 4.62. The minimum absolute atomic E-state index is 0.0515. The van der Waals surface area contributed by atoms with Gasteiger partial charge in [-0.25, -0.2) is 18.4 Å². The van der Waals surface area contributed by atoms with Gasteiger partial charge < -0.3 is 14.8 Å². The maximum absolute atomic E-state index is 14.0. The van der Waals surface area contributed by atoms with Gasteiger partial charge >= 0.3 is 12.0 Å². The predicted octanol–water partition coefficient (Wildman–Crippen LogP) is 4.86. The molecule has 0 fully saturated rings. The molecule has 0 radical (unpaired) electrons. The van der Waals surface area contributed by atoms with Crippen molar-refractivity contribution in [2.75, 3.05) is 20.3 Å². The van der Waals surface area contributed by atoms with Crippen molar-refractivity contribution in [3.05, 3.63) is 74.9 Å². The van der Waals surface area contributed by atoms with E-state index in [9.17, 15) is 18.4 Å². The first-order valence-electron chi connectivity index (χ1n) is 9.20. The molecular formula is C21H18Cl2F2N2O4. The fourth-order valence-corrected chi connectivity index (χ4v) is 3.51. The Hall–Kier alpha value is -2.84. The van der Waals surface area contributed by atoms with Crippen LogP contribution in [0.1, 0.15) is 18.5 Å². The van der Waals surface area contributed by atoms with E-state index in [1.54, 1.807) is 25.1 Å². The number of hydrogen-bond acceptors (Lipinski definition) is 4. The van der Waals surface area contributed by atoms with Crippen LogP contribution in [0.5, 0.6) is 5.75 Å². The molecule has 1 aliphatic heterocycles. The molecule has 2 amide bonds. The average Bonchev–Trinajstić information content (AvgIpc) is 2.72. The van der Waals surface area contributed by atoms with Gasteiger partial charge in [0.2, 0.25) is 0 Å². The average molecular weight is 471 g/mol. The number of benzene rings is 2. The highest BCUT2D eigenvalue weighted by atomic mass is 35.5. The Kier molecular flexibility index (Phi) is 7.02. The van der Waals surface area contributed by atoms with Crippen LogP contribution < -0.4 is 10.1 Å². The molecule has 0 aromatic heterocycles. The molecule has 1 atom stereocenters. The van der Waals surface area contributed by atoms with Gasteiger partial charge in [0, 0.05) is 13.1 Å². The highest BCUT2D eigenvalue weighted by Crippen LogP contribution is 2.37. The third kappa shape index (κ3) is 4.75. The molecule has 0 saturated heterocycles. The van der Waals surface area contributed by atoms with Crippen molar-refractivity contribution >= 4 is 35.2 Å². The summed E-state index contributed by atoms with van der Waals surface area (Å²) >= 11 is 12.4. The molecule has 1 heterocycles. The molecule has 0 bridgehead atoms. The van der Waals surface area contributed by atoms with Crippen molar-refractivity contribution in [3.8, 4) is 5.75 Å². The smallest absolute Gasteiger partial charge is 0.338 e. The molecule has 0 spiro atoms. The highest BCUT2D eigenvalue weighted by molar-refractivity contribution is 6.42. The van der Waals surface area contributed by atoms with E-state index in [4.69, 9.17) is 32.7 Å². The molecule has 1 N–H and O–H groups in total. The van der Waals surface area contributed by atoms with Gasteiger partial charge in [0.25, 0.3) is 0 Å². The van der Waals surface area contributed by atoms with Crippen LogP contribution in [-0.2, 0) is 9.53 Å². The van der Waals surface area contributed by atoms with E-state index in [2.05, 4.69) is 5.32 Å². The van der Waals surface area contributed by atoms with Crippen LogP contribution in [0.2, 0.25) is 10.0 Å². The summed E-state index contributed by atoms with van der Waals surface area (Å²) in [4.78, 5) is 26.6. The lowest BCUT2D eigenvalue weighted by Gasteiger charge is -2.34. The topological polar surface area (TPSA) is 67.9 Å². The summed E-state index contributed by atoms with van der Waals surface area (Å²) in [5.41, 5.74) is 0.562. The van der Waals surface area contributed by atoms with Gasteiger partial charge in [-0.1, -0.05) is 35.3 Å². The first-order valence-corrected chi connectivity index (χ1v) is 9.96. The van der Waals surface area contributed by atoms with Gasteiger partial charge in [0.15, 0.2) is 11.6 Å². The second kappa shape index (κ2) is 9.53. The van der Waals surface area contributed by atoms with E-state index < -0.39 is 29.7 Å². The lowest BCUT2D eigenvalue weighted by atomic mass is 9.94. The number of hydrogen-bond donors (Lipinski definition) is 1. The van der Waals surface area contributed by atoms with E-state index >= 15 is 0 Å². The summed E-state index contributed by atoms with van der Waals surface area (Å²) in [5.74, 6) is -2.64. The number of halogens is 4. The van der Waals surface area contributed by atoms with E-state index in [0.717, 1.165) is 17.0 Å². The largest absolute Gasteiger partial charge is 0.484 e. The quantitative estimate of drug-likeness (QED) is 0.611. The van der Waals surface area contributed by atoms with E-state index in [1.165, 1.54) is 7.05 Å². The Morgan fingerprint density at radius 3 is 2.65 bits per heavy atom. The fourth-order valence-electron chi connectivity index (χ4n) is 3.10. The van der Waals surface area contributed by atoms with E-state index in [0.29, 0.717) is 11.6 Å². The van der Waals surface area contributed by atoms with Crippen LogP contribution in [0.25, 0.3) is 0 Å². The number of urea groups is 1. The van der Waals surface area contributed by atoms with Crippen LogP contribution in [0, 0.1) is 11.6 Å². The second-order valence-electron chi connectivity index (χ2n) is 6.53. The minimum atomic E-state index is -0.981. The zero-order valence-corrected chi connectivity index (χ0v) is 18.1. The number of ether oxygens (including phenoxy) is 2. The van der Waals surface area contributed by atoms with Gasteiger partial charge in [0.1, 0.15) is 12.4 Å². The predicted molar refractivity (Wildman–Crippen MR) is 111 cm³/mol. The van der Waals surface area contributed by atoms with Gasteiger partial charge in [-0.2, -0.15) is 0 Å². The van der Waals surface area contributed by atoms with Crippen LogP contribution in [0.4, 0.5) is 13.6 Å². The second-order valence-corrected chi connectivity index (χ2v) is 7.31. The van der Waals surface area contributed by atoms with Crippen LogP contribution in [-0.4, -0.2) is 37.2 Å². The lowest BCUT2D eigenvalue weighted by molar-refractivity contribution is -0.139. The molecule has 2 aromatic rings. The molecule has 0 unspecified atom stereocenters. The summed E-state index contributed by atoms with van der Waals surface area (Å²) in [6, 6.07) is 6.09. The molecule has 31 heavy (non-hydrogen) atoms. The summed E-state index contributed by atoms with van der Waals surface area (Å²) in [5, 5.41) is 3.09. The standard InChI is InChI=1S/C21H18Cl2F2N2O4/c1-3-30-20(28)17-15(10-31-16-8-7-11(24)9-14(16)25)27(2)21(29)26-19(17)12-5-4-6-13(22)18(12)23/h4-9,19H,3,10H2,1-2H3,(H,26,29)/t19-/m1/s1. The first kappa shape index (κ1) is 22.8. The summed E-state index contributed by atoms with van der Waals surface area (Å²) in [6.45, 7) is 1.35. The molecule has 10 heteroatoms. The molecule has 1 aliphatic rings. The third-order valence-corrected chi connectivity index (χ3v) is 5.46. The van der Waals surface area contributed by atoms with Crippen molar-refractivity contribution in [1.29, 1.82) is 0 Å². The first-order chi connectivity index (χ1) is 14.7. The Morgan fingerprint density at radius 2 is 1.97 bits per heavy atom. The van der Waals surface area contributed by atoms with Crippen LogP contribution >= 0.6 is 23.2 Å². The van der Waals surface area contributed by atoms with Crippen LogP contribution in [0.3, 0.4) is 0 Å². The SMILES string of the molecule is CCOC(=O)C1=C(COc2ccc(F)cc2F)N(C)C(=O)N[C@@H]1c1cccc(Cl)c1Cl. The molecule has 3 rings (SSSR count). The number of esters is 1. The zero-order valence-electron chi connectivity index (χ0n) is 16.5. The molecule has 0 saturated carbocycles. The number of rotatable bonds is 6. The molecule has 2 aromatic carbocycles. The Balaban J connectivity index is 2.08. The number of nitrogens with one attached hydrogen (secondary N) is 1. The van der Waals surface area contributed by atoms with Crippen molar-refractivity contribution in [3.63, 3.8) is 0 Å². The summed E-state index contributed by atoms with van der Waals surface area (Å²) in [6.07, 6.45) is 0. The zero-order chi connectivity index (χ0) is 22.7. The Labute approximate surface area is 187 Å². The van der Waals surface area contributed by atoms with Gasteiger partial charge in [-0.3, -0.25) is 4.90 Å². The summed E-state index contributed by atoms with van der Waals surface area (Å²) in [7, 11) is 1.42. The van der Waals surface area contributed by atoms with Gasteiger partial charge in [-0.05, 0) is 30.7 Å². The fraction of sp³-hybridized carbons (Fsp3) is 0.238. The monoisotopic (exact) mass is 470 g/mol. The molecule has 0 aliphatic carbocycles. The van der Waals surface area contributed by atoms with Gasteiger partial charge in [0.05, 0.1) is 34.0 Å². The Bertz CT molecular complexity index is 1060. The molecule has 164 valence electrons. The normalized spacial score (nSPS) is 16.3. The van der Waals surface area contributed by atoms with Crippen molar-refractivity contribution < 1.29 is 27.8 Å². The lowest BCUT2D eigenvalue weighted by Crippen LogP contribution is -2.48. The number of carbonyl (C=O) groups excluding carboxylic acids is 2. The van der Waals surface area contributed by atoms with Crippen molar-refractivity contribution in [2.24, 2.45) is 0 Å². The highest BCUT2D eigenvalue weighted by Gasteiger charge is 2.38. The maximum Gasteiger partial charge on any atom is 0.338 e. The summed E-state index contributed by atoms with van der Waals surface area (Å²) < 4.78 is 37.8. The van der Waals surface area contributed by atoms with Gasteiger partial charge in [-0.15, -0.1) is 0 Å². The van der Waals surface area contributed by atoms with Crippen LogP contribution in [0.15, 0.2) is 47.7 Å². The number of amides is 2. The maximum atomic E-state index is 14.0. The van der Waals surface area contributed by atoms with Crippen molar-refractivity contribution in [2.45, 2.75) is 13.0 Å².